The number of rotatable bonds is 7. The normalized spacial score (nSPS) is 18.5. The van der Waals surface area contributed by atoms with Crippen molar-refractivity contribution in [3.63, 3.8) is 0 Å². The number of Topliss-reactive ketones (excluding diaryl/α,β-unsaturated/α-hetero) is 1. The third kappa shape index (κ3) is 4.52. The largest absolute Gasteiger partial charge is 0.507 e. The van der Waals surface area contributed by atoms with Crippen LogP contribution < -0.4 is 4.74 Å². The second-order valence-corrected chi connectivity index (χ2v) is 7.77. The summed E-state index contributed by atoms with van der Waals surface area (Å²) in [6, 6.07) is 9.68. The minimum absolute atomic E-state index is 0.0261. The van der Waals surface area contributed by atoms with Crippen LogP contribution in [0.3, 0.4) is 0 Å². The number of likely N-dealkylation sites (tertiary alicyclic amines) is 1. The van der Waals surface area contributed by atoms with Crippen LogP contribution in [-0.4, -0.2) is 64.9 Å². The smallest absolute Gasteiger partial charge is 0.295 e. The molecule has 30 heavy (non-hydrogen) atoms. The molecule has 1 saturated heterocycles. The van der Waals surface area contributed by atoms with Crippen LogP contribution in [-0.2, 0) is 9.59 Å². The van der Waals surface area contributed by atoms with Gasteiger partial charge in [0.05, 0.1) is 17.7 Å². The monoisotopic (exact) mass is 409 g/mol. The number of hydrogen-bond donors (Lipinski definition) is 1. The SMILES string of the molecule is CC(C)Oc1ccc(/C(O)=C2\C(=O)C(=O)N(CCN(C)C)[C@H]2c2ccncc2)cc1. The number of amides is 1. The van der Waals surface area contributed by atoms with E-state index in [1.54, 1.807) is 48.8 Å². The second-order valence-electron chi connectivity index (χ2n) is 7.77. The van der Waals surface area contributed by atoms with Crippen LogP contribution in [0.4, 0.5) is 0 Å². The van der Waals surface area contributed by atoms with E-state index >= 15 is 0 Å². The Bertz CT molecular complexity index is 937. The van der Waals surface area contributed by atoms with Gasteiger partial charge in [0.15, 0.2) is 0 Å². The fourth-order valence-corrected chi connectivity index (χ4v) is 3.43. The lowest BCUT2D eigenvalue weighted by atomic mass is 9.96. The number of aromatic nitrogens is 1. The Morgan fingerprint density at radius 3 is 2.33 bits per heavy atom. The lowest BCUT2D eigenvalue weighted by molar-refractivity contribution is -0.140. The summed E-state index contributed by atoms with van der Waals surface area (Å²) in [7, 11) is 3.80. The van der Waals surface area contributed by atoms with Gasteiger partial charge in [-0.05, 0) is 69.9 Å². The van der Waals surface area contributed by atoms with Gasteiger partial charge in [-0.1, -0.05) is 0 Å². The van der Waals surface area contributed by atoms with Crippen molar-refractivity contribution >= 4 is 17.4 Å². The molecule has 0 unspecified atom stereocenters. The number of likely N-dealkylation sites (N-methyl/N-ethyl adjacent to an activating group) is 1. The molecule has 1 fully saturated rings. The molecule has 1 amide bonds. The molecule has 158 valence electrons. The van der Waals surface area contributed by atoms with Crippen LogP contribution in [0.1, 0.15) is 31.0 Å². The highest BCUT2D eigenvalue weighted by molar-refractivity contribution is 6.46. The van der Waals surface area contributed by atoms with Gasteiger partial charge in [0.25, 0.3) is 11.7 Å². The van der Waals surface area contributed by atoms with Crippen molar-refractivity contribution in [3.8, 4) is 5.75 Å². The topological polar surface area (TPSA) is 83.0 Å². The summed E-state index contributed by atoms with van der Waals surface area (Å²) in [5, 5.41) is 11.0. The summed E-state index contributed by atoms with van der Waals surface area (Å²) < 4.78 is 5.64. The van der Waals surface area contributed by atoms with Gasteiger partial charge in [-0.2, -0.15) is 0 Å². The first kappa shape index (κ1) is 21.5. The molecule has 0 spiro atoms. The van der Waals surface area contributed by atoms with Crippen LogP contribution >= 0.6 is 0 Å². The average Bonchev–Trinajstić information content (AvgIpc) is 2.97. The van der Waals surface area contributed by atoms with Crippen LogP contribution in [0.5, 0.6) is 5.75 Å². The highest BCUT2D eigenvalue weighted by Gasteiger charge is 2.45. The number of pyridine rings is 1. The Balaban J connectivity index is 2.05. The Morgan fingerprint density at radius 1 is 1.13 bits per heavy atom. The summed E-state index contributed by atoms with van der Waals surface area (Å²) >= 11 is 0. The Labute approximate surface area is 176 Å². The summed E-state index contributed by atoms with van der Waals surface area (Å²) in [4.78, 5) is 33.2. The molecule has 3 rings (SSSR count). The molecule has 0 bridgehead atoms. The zero-order valence-electron chi connectivity index (χ0n) is 17.7. The maximum absolute atomic E-state index is 12.9. The fourth-order valence-electron chi connectivity index (χ4n) is 3.43. The number of carbonyl (C=O) groups excluding carboxylic acids is 2. The van der Waals surface area contributed by atoms with Crippen molar-refractivity contribution in [2.75, 3.05) is 27.2 Å². The Morgan fingerprint density at radius 2 is 1.77 bits per heavy atom. The minimum atomic E-state index is -0.685. The number of aliphatic hydroxyl groups excluding tert-OH is 1. The molecular weight excluding hydrogens is 382 g/mol. The van der Waals surface area contributed by atoms with Crippen molar-refractivity contribution < 1.29 is 19.4 Å². The maximum atomic E-state index is 12.9. The van der Waals surface area contributed by atoms with Crippen LogP contribution in [0.25, 0.3) is 5.76 Å². The Kier molecular flexibility index (Phi) is 6.52. The summed E-state index contributed by atoms with van der Waals surface area (Å²) in [6.07, 6.45) is 3.25. The van der Waals surface area contributed by atoms with Gasteiger partial charge < -0.3 is 19.6 Å². The van der Waals surface area contributed by atoms with Gasteiger partial charge in [-0.3, -0.25) is 14.6 Å². The van der Waals surface area contributed by atoms with Gasteiger partial charge >= 0.3 is 0 Å². The molecule has 1 aromatic carbocycles. The van der Waals surface area contributed by atoms with Crippen LogP contribution in [0.2, 0.25) is 0 Å². The predicted octanol–water partition coefficient (Wildman–Crippen LogP) is 2.85. The molecule has 2 aromatic rings. The molecule has 0 saturated carbocycles. The third-order valence-corrected chi connectivity index (χ3v) is 4.85. The quantitative estimate of drug-likeness (QED) is 0.430. The van der Waals surface area contributed by atoms with E-state index in [9.17, 15) is 14.7 Å². The second kappa shape index (κ2) is 9.09. The summed E-state index contributed by atoms with van der Waals surface area (Å²) in [5.74, 6) is -0.826. The van der Waals surface area contributed by atoms with Gasteiger partial charge in [0.2, 0.25) is 0 Å². The molecule has 2 heterocycles. The number of hydrogen-bond acceptors (Lipinski definition) is 6. The van der Waals surface area contributed by atoms with E-state index < -0.39 is 17.7 Å². The van der Waals surface area contributed by atoms with E-state index in [-0.39, 0.29) is 17.4 Å². The first-order chi connectivity index (χ1) is 14.3. The van der Waals surface area contributed by atoms with E-state index in [0.717, 1.165) is 5.56 Å². The van der Waals surface area contributed by atoms with E-state index in [1.807, 2.05) is 32.8 Å². The van der Waals surface area contributed by atoms with E-state index in [1.165, 1.54) is 4.90 Å². The zero-order valence-corrected chi connectivity index (χ0v) is 17.7. The Hall–Kier alpha value is -3.19. The van der Waals surface area contributed by atoms with Gasteiger partial charge in [0, 0.05) is 31.0 Å². The van der Waals surface area contributed by atoms with Crippen molar-refractivity contribution in [2.45, 2.75) is 26.0 Å². The predicted molar refractivity (Wildman–Crippen MR) is 114 cm³/mol. The molecule has 0 aliphatic carbocycles. The maximum Gasteiger partial charge on any atom is 0.295 e. The lowest BCUT2D eigenvalue weighted by Gasteiger charge is -2.26. The third-order valence-electron chi connectivity index (χ3n) is 4.85. The van der Waals surface area contributed by atoms with Gasteiger partial charge in [0.1, 0.15) is 11.5 Å². The van der Waals surface area contributed by atoms with E-state index in [2.05, 4.69) is 4.98 Å². The molecule has 1 aromatic heterocycles. The fraction of sp³-hybridized carbons (Fsp3) is 0.348. The van der Waals surface area contributed by atoms with Crippen molar-refractivity contribution in [1.29, 1.82) is 0 Å². The molecule has 1 atom stereocenters. The first-order valence-electron chi connectivity index (χ1n) is 9.89. The molecule has 0 radical (unpaired) electrons. The van der Waals surface area contributed by atoms with Crippen molar-refractivity contribution in [2.24, 2.45) is 0 Å². The molecule has 1 N–H and O–H groups in total. The van der Waals surface area contributed by atoms with Crippen molar-refractivity contribution in [1.82, 2.24) is 14.8 Å². The van der Waals surface area contributed by atoms with Crippen LogP contribution in [0.15, 0.2) is 54.4 Å². The number of aliphatic hydroxyl groups is 1. The summed E-state index contributed by atoms with van der Waals surface area (Å²) in [5.41, 5.74) is 1.27. The van der Waals surface area contributed by atoms with Gasteiger partial charge in [-0.25, -0.2) is 0 Å². The molecule has 7 heteroatoms. The summed E-state index contributed by atoms with van der Waals surface area (Å²) in [6.45, 7) is 4.81. The highest BCUT2D eigenvalue weighted by atomic mass is 16.5. The number of ether oxygens (including phenoxy) is 1. The standard InChI is InChI=1S/C23H27N3O4/c1-15(2)30-18-7-5-17(6-8-18)21(27)19-20(16-9-11-24-12-10-16)26(14-13-25(3)4)23(29)22(19)28/h5-12,15,20,27H,13-14H2,1-4H3/b21-19+/t20-/m0/s1. The number of ketones is 1. The highest BCUT2D eigenvalue weighted by Crippen LogP contribution is 2.39. The number of benzene rings is 1. The number of nitrogens with zero attached hydrogens (tertiary/aromatic N) is 3. The lowest BCUT2D eigenvalue weighted by Crippen LogP contribution is -2.35. The minimum Gasteiger partial charge on any atom is -0.507 e. The molecule has 1 aliphatic heterocycles. The first-order valence-corrected chi connectivity index (χ1v) is 9.89. The van der Waals surface area contributed by atoms with Crippen molar-refractivity contribution in [3.05, 3.63) is 65.5 Å². The molecular formula is C23H27N3O4. The van der Waals surface area contributed by atoms with Gasteiger partial charge in [-0.15, -0.1) is 0 Å². The molecule has 1 aliphatic rings. The van der Waals surface area contributed by atoms with E-state index in [4.69, 9.17) is 4.74 Å². The van der Waals surface area contributed by atoms with E-state index in [0.29, 0.717) is 24.4 Å². The number of carbonyl (C=O) groups is 2. The zero-order chi connectivity index (χ0) is 21.8. The van der Waals surface area contributed by atoms with Crippen LogP contribution in [0, 0.1) is 0 Å². The average molecular weight is 409 g/mol. The molecule has 7 nitrogen and oxygen atoms in total.